The van der Waals surface area contributed by atoms with Crippen molar-refractivity contribution in [2.24, 2.45) is 5.73 Å². The standard InChI is InChI=1S/C24H47NO16/c25-5-3-1-2-4-11(30)15(32)20(12(31)8-27)40-23-19(36)18(35)21(14(10-29)39-23)41-24-22(37-7-6-26)17(34)16(33)13(9-28)38-24/h11-24,26-36H,1-10,25H2/t11-,12+,13+,14+,15+,16+,17-,18+,19+,20+,21+,22+,23+,24+/m0/s1. The molecule has 0 aromatic carbocycles. The van der Waals surface area contributed by atoms with E-state index in [0.717, 1.165) is 0 Å². The lowest BCUT2D eigenvalue weighted by molar-refractivity contribution is -0.370. The fourth-order valence-electron chi connectivity index (χ4n) is 4.74. The zero-order chi connectivity index (χ0) is 30.7. The van der Waals surface area contributed by atoms with Gasteiger partial charge in [-0.2, -0.15) is 0 Å². The van der Waals surface area contributed by atoms with Crippen LogP contribution in [-0.4, -0.2) is 182 Å². The van der Waals surface area contributed by atoms with Crippen molar-refractivity contribution >= 4 is 0 Å². The molecular formula is C24H47NO16. The van der Waals surface area contributed by atoms with Gasteiger partial charge >= 0.3 is 0 Å². The summed E-state index contributed by atoms with van der Waals surface area (Å²) < 4.78 is 27.6. The molecule has 2 aliphatic heterocycles. The summed E-state index contributed by atoms with van der Waals surface area (Å²) in [5.41, 5.74) is 5.44. The molecule has 0 amide bonds. The molecule has 0 unspecified atom stereocenters. The van der Waals surface area contributed by atoms with Crippen molar-refractivity contribution in [3.05, 3.63) is 0 Å². The molecule has 0 aromatic heterocycles. The van der Waals surface area contributed by atoms with Crippen LogP contribution in [0, 0.1) is 0 Å². The number of hydrogen-bond donors (Lipinski definition) is 12. The van der Waals surface area contributed by atoms with Crippen LogP contribution < -0.4 is 5.73 Å². The fourth-order valence-corrected chi connectivity index (χ4v) is 4.74. The van der Waals surface area contributed by atoms with Crippen LogP contribution in [0.4, 0.5) is 0 Å². The summed E-state index contributed by atoms with van der Waals surface area (Å²) in [5, 5.41) is 112. The highest BCUT2D eigenvalue weighted by Crippen LogP contribution is 2.31. The Balaban J connectivity index is 2.17. The predicted molar refractivity (Wildman–Crippen MR) is 135 cm³/mol. The third kappa shape index (κ3) is 9.65. The number of aliphatic hydroxyl groups excluding tert-OH is 11. The lowest BCUT2D eigenvalue weighted by Gasteiger charge is -2.47. The Kier molecular flexibility index (Phi) is 16.2. The monoisotopic (exact) mass is 605 g/mol. The van der Waals surface area contributed by atoms with Crippen molar-refractivity contribution in [1.82, 2.24) is 0 Å². The topological polar surface area (TPSA) is 295 Å². The van der Waals surface area contributed by atoms with Crippen LogP contribution in [-0.2, 0) is 23.7 Å². The van der Waals surface area contributed by atoms with E-state index in [1.807, 2.05) is 0 Å². The van der Waals surface area contributed by atoms with E-state index in [2.05, 4.69) is 0 Å². The Morgan fingerprint density at radius 1 is 0.707 bits per heavy atom. The summed E-state index contributed by atoms with van der Waals surface area (Å²) in [6.45, 7) is -2.75. The van der Waals surface area contributed by atoms with Crippen LogP contribution in [0.1, 0.15) is 25.7 Å². The highest BCUT2D eigenvalue weighted by atomic mass is 16.8. The first-order valence-corrected chi connectivity index (χ1v) is 13.7. The molecule has 13 N–H and O–H groups in total. The summed E-state index contributed by atoms with van der Waals surface area (Å²) in [7, 11) is 0. The van der Waals surface area contributed by atoms with Crippen LogP contribution in [0.5, 0.6) is 0 Å². The van der Waals surface area contributed by atoms with Gasteiger partial charge in [0.2, 0.25) is 0 Å². The second kappa shape index (κ2) is 18.2. The summed E-state index contributed by atoms with van der Waals surface area (Å²) in [6, 6.07) is 0. The quantitative estimate of drug-likeness (QED) is 0.0646. The van der Waals surface area contributed by atoms with E-state index < -0.39 is 112 Å². The van der Waals surface area contributed by atoms with Crippen LogP contribution in [0.3, 0.4) is 0 Å². The summed E-state index contributed by atoms with van der Waals surface area (Å²) in [4.78, 5) is 0. The normalized spacial score (nSPS) is 37.5. The van der Waals surface area contributed by atoms with Crippen molar-refractivity contribution in [1.29, 1.82) is 0 Å². The molecule has 2 saturated heterocycles. The summed E-state index contributed by atoms with van der Waals surface area (Å²) in [6.07, 6.45) is -20.8. The minimum Gasteiger partial charge on any atom is -0.394 e. The highest BCUT2D eigenvalue weighted by Gasteiger charge is 2.52. The van der Waals surface area contributed by atoms with E-state index in [9.17, 15) is 51.1 Å². The lowest BCUT2D eigenvalue weighted by Crippen LogP contribution is -2.65. The maximum absolute atomic E-state index is 10.9. The van der Waals surface area contributed by atoms with Crippen LogP contribution in [0.2, 0.25) is 0 Å². The number of rotatable bonds is 18. The molecule has 2 aliphatic rings. The number of unbranched alkanes of at least 4 members (excludes halogenated alkanes) is 2. The minimum absolute atomic E-state index is 0.112. The van der Waals surface area contributed by atoms with Gasteiger partial charge in [0.15, 0.2) is 12.6 Å². The molecular weight excluding hydrogens is 558 g/mol. The fraction of sp³-hybridized carbons (Fsp3) is 1.00. The number of aliphatic hydroxyl groups is 11. The maximum atomic E-state index is 10.9. The Hall–Kier alpha value is -0.680. The SMILES string of the molecule is NCCCCC[C@H](O)[C@@H](O)[C@H](O[C@H]1O[C@H](CO)[C@@H](O[C@H]2O[C@H](CO)[C@@H](O)[C@H](O)[C@H]2OCCO)[C@H](O)[C@H]1O)[C@H](O)CO. The average Bonchev–Trinajstić information content (AvgIpc) is 2.97. The van der Waals surface area contributed by atoms with Gasteiger partial charge in [-0.1, -0.05) is 12.8 Å². The van der Waals surface area contributed by atoms with E-state index in [-0.39, 0.29) is 13.0 Å². The number of hydrogen-bond acceptors (Lipinski definition) is 17. The van der Waals surface area contributed by atoms with E-state index in [0.29, 0.717) is 25.8 Å². The van der Waals surface area contributed by atoms with Gasteiger partial charge in [-0.25, -0.2) is 0 Å². The van der Waals surface area contributed by atoms with Gasteiger partial charge in [-0.3, -0.25) is 0 Å². The Morgan fingerprint density at radius 3 is 1.93 bits per heavy atom. The molecule has 2 heterocycles. The molecule has 0 aromatic rings. The van der Waals surface area contributed by atoms with Gasteiger partial charge < -0.3 is 85.6 Å². The van der Waals surface area contributed by atoms with Crippen molar-refractivity contribution < 1.29 is 79.9 Å². The molecule has 0 saturated carbocycles. The van der Waals surface area contributed by atoms with Crippen LogP contribution in [0.25, 0.3) is 0 Å². The average molecular weight is 606 g/mol. The third-order valence-electron chi connectivity index (χ3n) is 7.13. The second-order valence-electron chi connectivity index (χ2n) is 10.1. The molecule has 0 radical (unpaired) electrons. The molecule has 41 heavy (non-hydrogen) atoms. The van der Waals surface area contributed by atoms with E-state index in [4.69, 9.17) is 34.5 Å². The second-order valence-corrected chi connectivity index (χ2v) is 10.1. The maximum Gasteiger partial charge on any atom is 0.187 e. The lowest BCUT2D eigenvalue weighted by atomic mass is 9.96. The predicted octanol–water partition coefficient (Wildman–Crippen LogP) is -6.39. The van der Waals surface area contributed by atoms with Gasteiger partial charge in [0.05, 0.1) is 39.1 Å². The molecule has 2 fully saturated rings. The first-order chi connectivity index (χ1) is 19.6. The first-order valence-electron chi connectivity index (χ1n) is 13.7. The summed E-state index contributed by atoms with van der Waals surface area (Å²) >= 11 is 0. The van der Waals surface area contributed by atoms with Crippen molar-refractivity contribution in [2.45, 2.75) is 112 Å². The molecule has 2 rings (SSSR count). The van der Waals surface area contributed by atoms with Gasteiger partial charge in [0, 0.05) is 0 Å². The minimum atomic E-state index is -1.94. The van der Waals surface area contributed by atoms with Gasteiger partial charge in [-0.05, 0) is 19.4 Å². The van der Waals surface area contributed by atoms with Crippen LogP contribution in [0.15, 0.2) is 0 Å². The molecule has 0 spiro atoms. The molecule has 0 aliphatic carbocycles. The van der Waals surface area contributed by atoms with Crippen molar-refractivity contribution in [2.75, 3.05) is 39.6 Å². The Bertz CT molecular complexity index is 709. The largest absolute Gasteiger partial charge is 0.394 e. The number of nitrogens with two attached hydrogens (primary N) is 1. The van der Waals surface area contributed by atoms with Gasteiger partial charge in [0.1, 0.15) is 67.1 Å². The zero-order valence-corrected chi connectivity index (χ0v) is 22.7. The zero-order valence-electron chi connectivity index (χ0n) is 22.7. The van der Waals surface area contributed by atoms with E-state index >= 15 is 0 Å². The van der Waals surface area contributed by atoms with E-state index in [1.54, 1.807) is 0 Å². The van der Waals surface area contributed by atoms with Gasteiger partial charge in [-0.15, -0.1) is 0 Å². The molecule has 17 nitrogen and oxygen atoms in total. The van der Waals surface area contributed by atoms with Crippen molar-refractivity contribution in [3.63, 3.8) is 0 Å². The van der Waals surface area contributed by atoms with Gasteiger partial charge in [0.25, 0.3) is 0 Å². The third-order valence-corrected chi connectivity index (χ3v) is 7.13. The Labute approximate surface area is 237 Å². The summed E-state index contributed by atoms with van der Waals surface area (Å²) in [5.74, 6) is 0. The van der Waals surface area contributed by atoms with Crippen molar-refractivity contribution in [3.8, 4) is 0 Å². The van der Waals surface area contributed by atoms with E-state index in [1.165, 1.54) is 0 Å². The molecule has 14 atom stereocenters. The Morgan fingerprint density at radius 2 is 1.34 bits per heavy atom. The molecule has 244 valence electrons. The first kappa shape index (κ1) is 36.5. The number of ether oxygens (including phenoxy) is 5. The van der Waals surface area contributed by atoms with Crippen LogP contribution >= 0.6 is 0 Å². The molecule has 0 bridgehead atoms. The molecule has 17 heteroatoms. The smallest absolute Gasteiger partial charge is 0.187 e. The highest BCUT2D eigenvalue weighted by molar-refractivity contribution is 4.95.